The normalized spacial score (nSPS) is 23.9. The highest BCUT2D eigenvalue weighted by Crippen LogP contribution is 2.18. The fourth-order valence-electron chi connectivity index (χ4n) is 2.30. The van der Waals surface area contributed by atoms with Crippen LogP contribution >= 0.6 is 0 Å². The van der Waals surface area contributed by atoms with Crippen LogP contribution in [-0.2, 0) is 14.1 Å². The first kappa shape index (κ1) is 12.8. The van der Waals surface area contributed by atoms with Gasteiger partial charge in [0.25, 0.3) is 5.56 Å². The minimum absolute atomic E-state index is 0.0301. The highest BCUT2D eigenvalue weighted by molar-refractivity contribution is 5.32. The summed E-state index contributed by atoms with van der Waals surface area (Å²) in [6.07, 6.45) is 4.09. The summed E-state index contributed by atoms with van der Waals surface area (Å²) in [5, 5.41) is 7.04. The van der Waals surface area contributed by atoms with Gasteiger partial charge in [-0.3, -0.25) is 9.36 Å². The second-order valence-electron chi connectivity index (χ2n) is 4.82. The van der Waals surface area contributed by atoms with Crippen molar-refractivity contribution >= 4 is 5.82 Å². The van der Waals surface area contributed by atoms with Crippen LogP contribution < -0.4 is 22.3 Å². The Kier molecular flexibility index (Phi) is 3.51. The Morgan fingerprint density at radius 2 is 1.94 bits per heavy atom. The molecule has 0 amide bonds. The molecule has 1 aromatic rings. The summed E-state index contributed by atoms with van der Waals surface area (Å²) < 4.78 is 2.20. The molecule has 0 bridgehead atoms. The molecule has 0 radical (unpaired) electrons. The van der Waals surface area contributed by atoms with Crippen LogP contribution in [0.5, 0.6) is 0 Å². The van der Waals surface area contributed by atoms with Crippen LogP contribution in [0.2, 0.25) is 0 Å². The number of hydrogen-bond donors (Lipinski definition) is 2. The highest BCUT2D eigenvalue weighted by atomic mass is 16.2. The summed E-state index contributed by atoms with van der Waals surface area (Å²) in [6, 6.07) is 0.0824. The van der Waals surface area contributed by atoms with E-state index in [0.29, 0.717) is 0 Å². The average molecular weight is 253 g/mol. The van der Waals surface area contributed by atoms with Gasteiger partial charge in [-0.25, -0.2) is 9.48 Å². The predicted octanol–water partition coefficient (Wildman–Crippen LogP) is -0.839. The third-order valence-corrected chi connectivity index (χ3v) is 3.46. The van der Waals surface area contributed by atoms with Crippen LogP contribution in [0, 0.1) is 0 Å². The monoisotopic (exact) mass is 253 g/mol. The Hall–Kier alpha value is -1.63. The molecule has 3 N–H and O–H groups in total. The van der Waals surface area contributed by atoms with Crippen molar-refractivity contribution in [2.45, 2.75) is 37.8 Å². The molecular weight excluding hydrogens is 234 g/mol. The van der Waals surface area contributed by atoms with E-state index >= 15 is 0 Å². The number of aryl methyl sites for hydroxylation is 1. The smallest absolute Gasteiger partial charge is 0.346 e. The van der Waals surface area contributed by atoms with E-state index in [1.807, 2.05) is 0 Å². The zero-order chi connectivity index (χ0) is 13.3. The highest BCUT2D eigenvalue weighted by Gasteiger charge is 2.23. The molecule has 1 heterocycles. The molecule has 1 aliphatic carbocycles. The first-order valence-electron chi connectivity index (χ1n) is 6.17. The van der Waals surface area contributed by atoms with Gasteiger partial charge in [-0.2, -0.15) is 0 Å². The van der Waals surface area contributed by atoms with Crippen molar-refractivity contribution in [3.8, 4) is 0 Å². The number of rotatable bonds is 2. The van der Waals surface area contributed by atoms with E-state index in [2.05, 4.69) is 10.4 Å². The standard InChI is InChI=1S/C11H19N5O2/c1-15-10(17)9(14-16(2)11(15)18)13-8-6-4-3-5-7(8)12/h7-8H,3-6,12H2,1-2H3,(H,13,14). The molecule has 2 atom stereocenters. The van der Waals surface area contributed by atoms with Gasteiger partial charge in [-0.05, 0) is 12.8 Å². The van der Waals surface area contributed by atoms with Gasteiger partial charge >= 0.3 is 5.69 Å². The summed E-state index contributed by atoms with van der Waals surface area (Å²) in [5.41, 5.74) is 5.18. The van der Waals surface area contributed by atoms with Crippen molar-refractivity contribution in [2.24, 2.45) is 19.8 Å². The summed E-state index contributed by atoms with van der Waals surface area (Å²) >= 11 is 0. The molecule has 1 saturated carbocycles. The molecule has 18 heavy (non-hydrogen) atoms. The third kappa shape index (κ3) is 2.31. The van der Waals surface area contributed by atoms with Gasteiger partial charge in [-0.15, -0.1) is 5.10 Å². The lowest BCUT2D eigenvalue weighted by Gasteiger charge is -2.29. The van der Waals surface area contributed by atoms with Crippen molar-refractivity contribution in [2.75, 3.05) is 5.32 Å². The third-order valence-electron chi connectivity index (χ3n) is 3.46. The van der Waals surface area contributed by atoms with E-state index in [4.69, 9.17) is 5.73 Å². The summed E-state index contributed by atoms with van der Waals surface area (Å²) in [5.74, 6) is 0.196. The van der Waals surface area contributed by atoms with Crippen molar-refractivity contribution in [1.29, 1.82) is 0 Å². The first-order chi connectivity index (χ1) is 8.50. The van der Waals surface area contributed by atoms with Crippen LogP contribution in [0.1, 0.15) is 25.7 Å². The van der Waals surface area contributed by atoms with Crippen molar-refractivity contribution in [3.05, 3.63) is 20.8 Å². The zero-order valence-corrected chi connectivity index (χ0v) is 10.7. The number of hydrogen-bond acceptors (Lipinski definition) is 5. The van der Waals surface area contributed by atoms with Gasteiger partial charge in [0.1, 0.15) is 0 Å². The van der Waals surface area contributed by atoms with E-state index < -0.39 is 11.2 Å². The van der Waals surface area contributed by atoms with Crippen LogP contribution in [0.3, 0.4) is 0 Å². The topological polar surface area (TPSA) is 94.9 Å². The van der Waals surface area contributed by atoms with Gasteiger partial charge < -0.3 is 11.1 Å². The van der Waals surface area contributed by atoms with E-state index in [1.165, 1.54) is 14.1 Å². The molecule has 1 aliphatic rings. The van der Waals surface area contributed by atoms with Crippen LogP contribution in [-0.4, -0.2) is 26.4 Å². The summed E-state index contributed by atoms with van der Waals surface area (Å²) in [4.78, 5) is 23.4. The molecule has 1 fully saturated rings. The fourth-order valence-corrected chi connectivity index (χ4v) is 2.30. The summed E-state index contributed by atoms with van der Waals surface area (Å²) in [7, 11) is 2.96. The minimum Gasteiger partial charge on any atom is -0.360 e. The maximum atomic E-state index is 11.9. The quantitative estimate of drug-likeness (QED) is 0.716. The predicted molar refractivity (Wildman–Crippen MR) is 68.6 cm³/mol. The van der Waals surface area contributed by atoms with Gasteiger partial charge in [0.05, 0.1) is 0 Å². The van der Waals surface area contributed by atoms with Crippen molar-refractivity contribution < 1.29 is 0 Å². The van der Waals surface area contributed by atoms with Crippen molar-refractivity contribution in [3.63, 3.8) is 0 Å². The number of anilines is 1. The number of nitrogens with one attached hydrogen (secondary N) is 1. The first-order valence-corrected chi connectivity index (χ1v) is 6.17. The molecule has 1 aromatic heterocycles. The molecule has 0 spiro atoms. The average Bonchev–Trinajstić information content (AvgIpc) is 2.36. The number of nitrogens with zero attached hydrogens (tertiary/aromatic N) is 3. The van der Waals surface area contributed by atoms with E-state index in [9.17, 15) is 9.59 Å². The molecule has 0 aliphatic heterocycles. The Bertz CT molecular complexity index is 547. The maximum absolute atomic E-state index is 11.9. The lowest BCUT2D eigenvalue weighted by Crippen LogP contribution is -2.46. The second kappa shape index (κ2) is 4.93. The minimum atomic E-state index is -0.432. The van der Waals surface area contributed by atoms with Crippen LogP contribution in [0.4, 0.5) is 5.82 Å². The van der Waals surface area contributed by atoms with Crippen LogP contribution in [0.25, 0.3) is 0 Å². The molecular formula is C11H19N5O2. The fraction of sp³-hybridized carbons (Fsp3) is 0.727. The molecule has 2 rings (SSSR count). The Balaban J connectivity index is 2.29. The molecule has 7 nitrogen and oxygen atoms in total. The second-order valence-corrected chi connectivity index (χ2v) is 4.82. The summed E-state index contributed by atoms with van der Waals surface area (Å²) in [6.45, 7) is 0. The number of aromatic nitrogens is 3. The molecule has 0 aromatic carbocycles. The maximum Gasteiger partial charge on any atom is 0.346 e. The Labute approximate surface area is 105 Å². The lowest BCUT2D eigenvalue weighted by atomic mass is 9.91. The Morgan fingerprint density at radius 1 is 1.28 bits per heavy atom. The SMILES string of the molecule is Cn1nc(NC2CCCCC2N)c(=O)n(C)c1=O. The van der Waals surface area contributed by atoms with E-state index in [-0.39, 0.29) is 17.9 Å². The van der Waals surface area contributed by atoms with E-state index in [0.717, 1.165) is 34.9 Å². The molecule has 7 heteroatoms. The van der Waals surface area contributed by atoms with Gasteiger partial charge in [0.15, 0.2) is 0 Å². The molecule has 2 unspecified atom stereocenters. The molecule has 100 valence electrons. The zero-order valence-electron chi connectivity index (χ0n) is 10.7. The number of nitrogens with two attached hydrogens (primary N) is 1. The van der Waals surface area contributed by atoms with E-state index in [1.54, 1.807) is 0 Å². The van der Waals surface area contributed by atoms with Gasteiger partial charge in [-0.1, -0.05) is 12.8 Å². The van der Waals surface area contributed by atoms with Gasteiger partial charge in [0, 0.05) is 26.2 Å². The largest absolute Gasteiger partial charge is 0.360 e. The van der Waals surface area contributed by atoms with Crippen LogP contribution in [0.15, 0.2) is 9.59 Å². The van der Waals surface area contributed by atoms with Gasteiger partial charge in [0.2, 0.25) is 5.82 Å². The lowest BCUT2D eigenvalue weighted by molar-refractivity contribution is 0.401. The molecule has 0 saturated heterocycles. The van der Waals surface area contributed by atoms with Crippen molar-refractivity contribution in [1.82, 2.24) is 14.3 Å². The Morgan fingerprint density at radius 3 is 2.61 bits per heavy atom.